The largest absolute Gasteiger partial charge is 0.507 e. The topological polar surface area (TPSA) is 55.4 Å². The Morgan fingerprint density at radius 2 is 1.17 bits per heavy atom. The zero-order chi connectivity index (χ0) is 35.0. The van der Waals surface area contributed by atoms with Crippen LogP contribution in [0.2, 0.25) is 0 Å². The van der Waals surface area contributed by atoms with Gasteiger partial charge in [-0.3, -0.25) is 9.55 Å². The summed E-state index contributed by atoms with van der Waals surface area (Å²) in [6, 6.07) is 59.7. The van der Waals surface area contributed by atoms with Gasteiger partial charge < -0.3 is 9.51 Å². The normalized spacial score (nSPS) is 11.6. The molecule has 4 aromatic heterocycles. The van der Waals surface area contributed by atoms with E-state index in [2.05, 4.69) is 142 Å². The molecule has 0 aliphatic rings. The summed E-state index contributed by atoms with van der Waals surface area (Å²) in [6.07, 6.45) is 2.00. The number of aromatic hydroxyl groups is 1. The summed E-state index contributed by atoms with van der Waals surface area (Å²) < 4.78 is 4.52. The summed E-state index contributed by atoms with van der Waals surface area (Å²) in [5.41, 5.74) is 12.7. The molecule has 54 heavy (non-hydrogen) atoms. The van der Waals surface area contributed by atoms with Gasteiger partial charge in [0.25, 0.3) is 0 Å². The van der Waals surface area contributed by atoms with Crippen molar-refractivity contribution in [2.75, 3.05) is 0 Å². The van der Waals surface area contributed by atoms with Crippen LogP contribution >= 0.6 is 0 Å². The third-order valence-corrected chi connectivity index (χ3v) is 10.5. The molecule has 0 saturated heterocycles. The Balaban J connectivity index is 0.00000361. The predicted molar refractivity (Wildman–Crippen MR) is 216 cm³/mol. The van der Waals surface area contributed by atoms with Crippen molar-refractivity contribution < 1.29 is 26.2 Å². The minimum Gasteiger partial charge on any atom is -0.507 e. The maximum absolute atomic E-state index is 11.1. The second-order valence-electron chi connectivity index (χ2n) is 13.5. The van der Waals surface area contributed by atoms with E-state index in [9.17, 15) is 5.11 Å². The van der Waals surface area contributed by atoms with Crippen LogP contribution in [0.25, 0.3) is 99.7 Å². The SMILES string of the molecule is Oc1ccccc1-c1nc2c(-c3[c-]c(-c4cc5c6cccc7c8ccccc8n(c5cn4)c76)ccc3)cccc2n1-c1ccccc1-c1ccccc1.[Pt]. The number of fused-ring (bicyclic) bond motifs is 7. The van der Waals surface area contributed by atoms with E-state index in [1.165, 1.54) is 32.6 Å². The molecule has 0 aliphatic heterocycles. The van der Waals surface area contributed by atoms with E-state index in [-0.39, 0.29) is 26.8 Å². The fourth-order valence-electron chi connectivity index (χ4n) is 8.19. The van der Waals surface area contributed by atoms with Crippen molar-refractivity contribution in [1.82, 2.24) is 18.9 Å². The van der Waals surface area contributed by atoms with Gasteiger partial charge in [0.15, 0.2) is 0 Å². The Morgan fingerprint density at radius 1 is 0.519 bits per heavy atom. The van der Waals surface area contributed by atoms with Gasteiger partial charge in [0.1, 0.15) is 11.6 Å². The standard InChI is InChI=1S/C48H29N4O.Pt/c53-45-26-9-6-19-38(45)48-50-46-34(20-12-25-43(46)52(48)41-23-7-4-17-33(41)30-13-2-1-3-14-30)31-15-10-16-32(27-31)40-28-39-37-22-11-21-36-35-18-5-8-24-42(35)51(47(36)37)44(39)29-49-40;/h1-26,28-29,53H;/q-1;. The minimum atomic E-state index is 0. The molecule has 11 aromatic rings. The summed E-state index contributed by atoms with van der Waals surface area (Å²) in [5, 5.41) is 16.0. The molecule has 6 heteroatoms. The van der Waals surface area contributed by atoms with Crippen molar-refractivity contribution in [3.8, 4) is 56.3 Å². The third-order valence-electron chi connectivity index (χ3n) is 10.5. The quantitative estimate of drug-likeness (QED) is 0.175. The molecule has 0 radical (unpaired) electrons. The Bertz CT molecular complexity index is 3200. The van der Waals surface area contributed by atoms with Crippen LogP contribution in [0.1, 0.15) is 0 Å². The molecule has 4 heterocycles. The number of benzene rings is 7. The van der Waals surface area contributed by atoms with Gasteiger partial charge in [-0.25, -0.2) is 4.98 Å². The van der Waals surface area contributed by atoms with Gasteiger partial charge in [-0.2, -0.15) is 0 Å². The Kier molecular flexibility index (Phi) is 7.46. The zero-order valence-electron chi connectivity index (χ0n) is 28.7. The van der Waals surface area contributed by atoms with Crippen LogP contribution in [-0.2, 0) is 21.1 Å². The summed E-state index contributed by atoms with van der Waals surface area (Å²) in [6.45, 7) is 0. The Morgan fingerprint density at radius 3 is 2.04 bits per heavy atom. The molecular formula is C48H29N4OPt-. The maximum atomic E-state index is 11.1. The monoisotopic (exact) mass is 872 g/mol. The molecule has 0 amide bonds. The number of aromatic nitrogens is 4. The van der Waals surface area contributed by atoms with Gasteiger partial charge >= 0.3 is 0 Å². The average Bonchev–Trinajstić information content (AvgIpc) is 3.89. The van der Waals surface area contributed by atoms with E-state index >= 15 is 0 Å². The number of para-hydroxylation sites is 5. The number of nitrogens with zero attached hydrogens (tertiary/aromatic N) is 4. The molecule has 11 rings (SSSR count). The second-order valence-corrected chi connectivity index (χ2v) is 13.5. The molecule has 0 fully saturated rings. The van der Waals surface area contributed by atoms with Crippen molar-refractivity contribution >= 4 is 49.1 Å². The van der Waals surface area contributed by atoms with Gasteiger partial charge in [-0.05, 0) is 35.9 Å². The number of phenolic OH excluding ortho intramolecular Hbond substituents is 1. The van der Waals surface area contributed by atoms with Crippen LogP contribution in [-0.4, -0.2) is 24.0 Å². The molecular weight excluding hydrogens is 844 g/mol. The first kappa shape index (κ1) is 32.1. The van der Waals surface area contributed by atoms with Crippen LogP contribution in [0.15, 0.2) is 170 Å². The summed E-state index contributed by atoms with van der Waals surface area (Å²) >= 11 is 0. The smallest absolute Gasteiger partial charge is 0.148 e. The van der Waals surface area contributed by atoms with Crippen LogP contribution in [0.5, 0.6) is 5.75 Å². The summed E-state index contributed by atoms with van der Waals surface area (Å²) in [5.74, 6) is 0.838. The minimum absolute atomic E-state index is 0. The molecule has 0 atom stereocenters. The van der Waals surface area contributed by atoms with Gasteiger partial charge in [0.2, 0.25) is 0 Å². The molecule has 5 nitrogen and oxygen atoms in total. The maximum Gasteiger partial charge on any atom is 0.148 e. The van der Waals surface area contributed by atoms with Gasteiger partial charge in [0, 0.05) is 60.1 Å². The summed E-state index contributed by atoms with van der Waals surface area (Å²) in [7, 11) is 0. The molecule has 258 valence electrons. The average molecular weight is 873 g/mol. The van der Waals surface area contributed by atoms with Gasteiger partial charge in [-0.15, -0.1) is 29.8 Å². The van der Waals surface area contributed by atoms with E-state index in [1.54, 1.807) is 6.07 Å². The van der Waals surface area contributed by atoms with E-state index < -0.39 is 0 Å². The van der Waals surface area contributed by atoms with Gasteiger partial charge in [0.05, 0.1) is 38.8 Å². The Hall–Kier alpha value is -6.55. The molecule has 0 saturated carbocycles. The van der Waals surface area contributed by atoms with Crippen molar-refractivity contribution in [3.63, 3.8) is 0 Å². The van der Waals surface area contributed by atoms with Crippen LogP contribution < -0.4 is 0 Å². The van der Waals surface area contributed by atoms with Crippen molar-refractivity contribution in [3.05, 3.63) is 176 Å². The fraction of sp³-hybridized carbons (Fsp3) is 0. The number of rotatable bonds is 5. The van der Waals surface area contributed by atoms with E-state index in [1.807, 2.05) is 36.5 Å². The first-order valence-corrected chi connectivity index (χ1v) is 17.7. The molecule has 0 spiro atoms. The second kappa shape index (κ2) is 12.5. The zero-order valence-corrected chi connectivity index (χ0v) is 31.0. The summed E-state index contributed by atoms with van der Waals surface area (Å²) in [4.78, 5) is 10.3. The van der Waals surface area contributed by atoms with Gasteiger partial charge in [-0.1, -0.05) is 126 Å². The van der Waals surface area contributed by atoms with Crippen LogP contribution in [0.4, 0.5) is 0 Å². The molecule has 0 aliphatic carbocycles. The van der Waals surface area contributed by atoms with Crippen molar-refractivity contribution in [2.24, 2.45) is 0 Å². The number of phenols is 1. The van der Waals surface area contributed by atoms with E-state index in [0.717, 1.165) is 55.7 Å². The predicted octanol–water partition coefficient (Wildman–Crippen LogP) is 11.7. The number of hydrogen-bond acceptors (Lipinski definition) is 3. The first-order chi connectivity index (χ1) is 26.2. The number of imidazole rings is 1. The fourth-order valence-corrected chi connectivity index (χ4v) is 8.19. The van der Waals surface area contributed by atoms with E-state index in [4.69, 9.17) is 9.97 Å². The third kappa shape index (κ3) is 4.75. The molecule has 0 bridgehead atoms. The number of hydrogen-bond donors (Lipinski definition) is 1. The van der Waals surface area contributed by atoms with Crippen molar-refractivity contribution in [1.29, 1.82) is 0 Å². The Labute approximate surface area is 325 Å². The first-order valence-electron chi connectivity index (χ1n) is 17.7. The molecule has 0 unspecified atom stereocenters. The number of pyridine rings is 1. The van der Waals surface area contributed by atoms with Crippen molar-refractivity contribution in [2.45, 2.75) is 0 Å². The van der Waals surface area contributed by atoms with E-state index in [0.29, 0.717) is 11.4 Å². The molecule has 7 aromatic carbocycles. The van der Waals surface area contributed by atoms with Crippen LogP contribution in [0.3, 0.4) is 0 Å². The van der Waals surface area contributed by atoms with Crippen LogP contribution in [0, 0.1) is 6.07 Å². The molecule has 1 N–H and O–H groups in total.